The van der Waals surface area contributed by atoms with E-state index < -0.39 is 10.8 Å². The van der Waals surface area contributed by atoms with Gasteiger partial charge in [-0.25, -0.2) is 0 Å². The Morgan fingerprint density at radius 2 is 1.89 bits per heavy atom. The smallest absolute Gasteiger partial charge is 0.0509 e. The maximum absolute atomic E-state index is 12.7. The molecule has 0 bridgehead atoms. The van der Waals surface area contributed by atoms with Gasteiger partial charge in [-0.2, -0.15) is 0 Å². The van der Waals surface area contributed by atoms with Gasteiger partial charge in [-0.15, -0.1) is 0 Å². The Kier molecular flexibility index (Phi) is 6.32. The molecule has 1 saturated carbocycles. The zero-order valence-corrected chi connectivity index (χ0v) is 13.6. The van der Waals surface area contributed by atoms with Crippen molar-refractivity contribution in [3.8, 4) is 0 Å². The Labute approximate surface area is 116 Å². The lowest BCUT2D eigenvalue weighted by atomic mass is 9.83. The highest BCUT2D eigenvalue weighted by Crippen LogP contribution is 2.34. The second kappa shape index (κ2) is 7.04. The average Bonchev–Trinajstić information content (AvgIpc) is 2.29. The van der Waals surface area contributed by atoms with Crippen LogP contribution in [0.3, 0.4) is 0 Å². The molecule has 0 radical (unpaired) electrons. The molecule has 0 saturated heterocycles. The van der Waals surface area contributed by atoms with Crippen LogP contribution < -0.4 is 5.32 Å². The zero-order chi connectivity index (χ0) is 13.8. The maximum atomic E-state index is 12.7. The van der Waals surface area contributed by atoms with E-state index in [0.717, 1.165) is 18.9 Å². The lowest BCUT2D eigenvalue weighted by Crippen LogP contribution is -2.49. The van der Waals surface area contributed by atoms with Crippen LogP contribution in [0.15, 0.2) is 0 Å². The number of rotatable bonds is 5. The fourth-order valence-electron chi connectivity index (χ4n) is 3.07. The van der Waals surface area contributed by atoms with E-state index in [1.807, 2.05) is 0 Å². The minimum Gasteiger partial charge on any atom is -0.313 e. The lowest BCUT2D eigenvalue weighted by molar-refractivity contribution is 0.285. The predicted molar refractivity (Wildman–Crippen MR) is 81.4 cm³/mol. The van der Waals surface area contributed by atoms with Crippen LogP contribution in [-0.4, -0.2) is 26.8 Å². The van der Waals surface area contributed by atoms with Crippen molar-refractivity contribution in [1.29, 1.82) is 0 Å². The topological polar surface area (TPSA) is 29.1 Å². The molecular weight excluding hydrogens is 242 g/mol. The van der Waals surface area contributed by atoms with Crippen molar-refractivity contribution in [2.75, 3.05) is 6.54 Å². The fourth-order valence-corrected chi connectivity index (χ4v) is 4.95. The van der Waals surface area contributed by atoms with Crippen molar-refractivity contribution >= 4 is 10.8 Å². The molecule has 3 heteroatoms. The summed E-state index contributed by atoms with van der Waals surface area (Å²) in [4.78, 5) is 0. The third-order valence-electron chi connectivity index (χ3n) is 3.94. The van der Waals surface area contributed by atoms with E-state index in [2.05, 4.69) is 39.9 Å². The second-order valence-electron chi connectivity index (χ2n) is 6.58. The summed E-state index contributed by atoms with van der Waals surface area (Å²) in [6.07, 6.45) is 6.21. The van der Waals surface area contributed by atoms with Gasteiger partial charge in [0.25, 0.3) is 0 Å². The average molecular weight is 273 g/mol. The summed E-state index contributed by atoms with van der Waals surface area (Å²) in [7, 11) is -0.742. The van der Waals surface area contributed by atoms with Crippen LogP contribution in [0.2, 0.25) is 0 Å². The van der Waals surface area contributed by atoms with E-state index in [0.29, 0.717) is 11.3 Å². The largest absolute Gasteiger partial charge is 0.313 e. The number of hydrogen-bond acceptors (Lipinski definition) is 2. The van der Waals surface area contributed by atoms with Gasteiger partial charge in [0.15, 0.2) is 0 Å². The molecule has 0 aliphatic heterocycles. The number of hydrogen-bond donors (Lipinski definition) is 1. The highest BCUT2D eigenvalue weighted by atomic mass is 32.2. The summed E-state index contributed by atoms with van der Waals surface area (Å²) in [5.41, 5.74) is 0. The van der Waals surface area contributed by atoms with Gasteiger partial charge in [0.1, 0.15) is 0 Å². The summed E-state index contributed by atoms with van der Waals surface area (Å²) in [5.74, 6) is 0.793. The third kappa shape index (κ3) is 4.34. The van der Waals surface area contributed by atoms with Crippen LogP contribution >= 0.6 is 0 Å². The lowest BCUT2D eigenvalue weighted by Gasteiger charge is -2.39. The Balaban J connectivity index is 2.74. The van der Waals surface area contributed by atoms with Gasteiger partial charge in [-0.05, 0) is 52.5 Å². The normalized spacial score (nSPS) is 31.3. The first-order valence-corrected chi connectivity index (χ1v) is 8.75. The highest BCUT2D eigenvalue weighted by Gasteiger charge is 2.37. The SMILES string of the molecule is CCCC1CCC(NCC)C(S(=O)C(C)(C)C)C1. The van der Waals surface area contributed by atoms with Crippen molar-refractivity contribution < 1.29 is 4.21 Å². The second-order valence-corrected chi connectivity index (χ2v) is 9.01. The van der Waals surface area contributed by atoms with E-state index in [9.17, 15) is 4.21 Å². The van der Waals surface area contributed by atoms with Crippen molar-refractivity contribution in [3.63, 3.8) is 0 Å². The standard InChI is InChI=1S/C15H31NOS/c1-6-8-12-9-10-13(16-7-2)14(11-12)18(17)15(3,4)5/h12-14,16H,6-11H2,1-5H3. The van der Waals surface area contributed by atoms with E-state index in [4.69, 9.17) is 0 Å². The van der Waals surface area contributed by atoms with Crippen molar-refractivity contribution in [2.45, 2.75) is 82.8 Å². The van der Waals surface area contributed by atoms with Gasteiger partial charge in [0.2, 0.25) is 0 Å². The summed E-state index contributed by atoms with van der Waals surface area (Å²) in [6.45, 7) is 11.7. The predicted octanol–water partition coefficient (Wildman–Crippen LogP) is 3.48. The molecular formula is C15H31NOS. The van der Waals surface area contributed by atoms with Crippen LogP contribution in [0, 0.1) is 5.92 Å². The van der Waals surface area contributed by atoms with E-state index in [1.54, 1.807) is 0 Å². The molecule has 0 amide bonds. The first-order chi connectivity index (χ1) is 8.40. The van der Waals surface area contributed by atoms with E-state index >= 15 is 0 Å². The van der Waals surface area contributed by atoms with Crippen LogP contribution in [0.5, 0.6) is 0 Å². The highest BCUT2D eigenvalue weighted by molar-refractivity contribution is 7.87. The first kappa shape index (κ1) is 16.2. The minimum atomic E-state index is -0.742. The number of nitrogens with one attached hydrogen (secondary N) is 1. The van der Waals surface area contributed by atoms with Crippen LogP contribution in [-0.2, 0) is 10.8 Å². The molecule has 1 aliphatic carbocycles. The Morgan fingerprint density at radius 1 is 1.22 bits per heavy atom. The maximum Gasteiger partial charge on any atom is 0.0509 e. The molecule has 1 N–H and O–H groups in total. The fraction of sp³-hybridized carbons (Fsp3) is 1.00. The molecule has 1 fully saturated rings. The molecule has 18 heavy (non-hydrogen) atoms. The molecule has 4 unspecified atom stereocenters. The third-order valence-corrected chi connectivity index (χ3v) is 6.22. The van der Waals surface area contributed by atoms with Gasteiger partial charge in [-0.1, -0.05) is 26.7 Å². The molecule has 0 heterocycles. The van der Waals surface area contributed by atoms with Crippen LogP contribution in [0.25, 0.3) is 0 Å². The quantitative estimate of drug-likeness (QED) is 0.831. The first-order valence-electron chi connectivity index (χ1n) is 7.54. The molecule has 4 atom stereocenters. The monoisotopic (exact) mass is 273 g/mol. The Hall–Kier alpha value is 0.110. The van der Waals surface area contributed by atoms with Crippen LogP contribution in [0.4, 0.5) is 0 Å². The van der Waals surface area contributed by atoms with Gasteiger partial charge >= 0.3 is 0 Å². The van der Waals surface area contributed by atoms with Crippen LogP contribution in [0.1, 0.15) is 66.7 Å². The molecule has 108 valence electrons. The van der Waals surface area contributed by atoms with Gasteiger partial charge < -0.3 is 5.32 Å². The molecule has 1 rings (SSSR count). The molecule has 1 aliphatic rings. The van der Waals surface area contributed by atoms with Crippen molar-refractivity contribution in [2.24, 2.45) is 5.92 Å². The van der Waals surface area contributed by atoms with E-state index in [-0.39, 0.29) is 4.75 Å². The molecule has 0 aromatic heterocycles. The molecule has 0 aromatic rings. The van der Waals surface area contributed by atoms with Gasteiger partial charge in [0.05, 0.1) is 5.25 Å². The van der Waals surface area contributed by atoms with Crippen molar-refractivity contribution in [3.05, 3.63) is 0 Å². The van der Waals surface area contributed by atoms with Gasteiger partial charge in [-0.3, -0.25) is 4.21 Å². The Bertz CT molecular complexity index is 272. The summed E-state index contributed by atoms with van der Waals surface area (Å²) in [6, 6.07) is 0.461. The zero-order valence-electron chi connectivity index (χ0n) is 12.8. The summed E-state index contributed by atoms with van der Waals surface area (Å²) >= 11 is 0. The van der Waals surface area contributed by atoms with Gasteiger partial charge in [0, 0.05) is 21.6 Å². The summed E-state index contributed by atoms with van der Waals surface area (Å²) < 4.78 is 12.6. The molecule has 2 nitrogen and oxygen atoms in total. The van der Waals surface area contributed by atoms with E-state index in [1.165, 1.54) is 25.7 Å². The molecule has 0 spiro atoms. The Morgan fingerprint density at radius 3 is 2.39 bits per heavy atom. The molecule has 0 aromatic carbocycles. The van der Waals surface area contributed by atoms with Crippen molar-refractivity contribution in [1.82, 2.24) is 5.32 Å². The minimum absolute atomic E-state index is 0.0908. The summed E-state index contributed by atoms with van der Waals surface area (Å²) in [5, 5.41) is 3.90.